The third kappa shape index (κ3) is 13.6. The first kappa shape index (κ1) is 64.8. The minimum absolute atomic E-state index is 0.0855. The zero-order valence-corrected chi connectivity index (χ0v) is 53.0. The number of aliphatic hydroxyl groups excluding tert-OH is 2. The smallest absolute Gasteiger partial charge is 0.293 e. The fourth-order valence-electron chi connectivity index (χ4n) is 12.0. The second-order valence-corrected chi connectivity index (χ2v) is 25.6. The molecule has 0 aliphatic carbocycles. The molecule has 4 aromatic carbocycles. The Labute approximate surface area is 535 Å². The van der Waals surface area contributed by atoms with E-state index in [9.17, 15) is 34.2 Å². The van der Waals surface area contributed by atoms with Crippen molar-refractivity contribution in [2.45, 2.75) is 103 Å². The summed E-state index contributed by atoms with van der Waals surface area (Å²) in [7, 11) is 4.64. The summed E-state index contributed by atoms with van der Waals surface area (Å²) in [4.78, 5) is 75.3. The highest BCUT2D eigenvalue weighted by molar-refractivity contribution is 6.64. The number of anilines is 4. The third-order valence-electron chi connectivity index (χ3n) is 17.3. The number of benzene rings is 4. The minimum atomic E-state index is -0.660. The molecular weight excluding hydrogens is 1190 g/mol. The van der Waals surface area contributed by atoms with Crippen LogP contribution in [0.15, 0.2) is 141 Å². The Balaban J connectivity index is 0.000000191. The number of aromatic nitrogens is 10. The molecule has 21 nitrogen and oxygen atoms in total. The van der Waals surface area contributed by atoms with Crippen molar-refractivity contribution in [3.8, 4) is 33.9 Å². The van der Waals surface area contributed by atoms with Gasteiger partial charge in [-0.05, 0) is 157 Å². The van der Waals surface area contributed by atoms with E-state index in [1.54, 1.807) is 74.3 Å². The van der Waals surface area contributed by atoms with E-state index in [4.69, 9.17) is 0 Å². The standard InChI is InChI=1S/C35H36BFN7O4.C34H36FN7O3/c1-35(2,3)24-14-23-18-39-44(34(48)32(23)27(37)15-24)30-7-5-6-25(26(30)19-45)28-16-29(33(47)42(4)41-28)40-31-9-8-22(17-38-31)21-10-12-43(13-11-21)36-20-46;1-34(2,3)23-14-22-18-38-42(33(45)31(22)26(35)15-23)29-7-5-6-24(25(29)19-43)27-16-28(32(44)41(4)40-27)39-30-9-8-21(17-37-30)20-10-12-36-13-11-20/h5-9,14-18,20-21,45H,10-13,19H2,1-4H3,(H,38,40);5-9,14-18,20,36,43H,10-13,19H2,1-4H3,(H,37,39). The zero-order chi connectivity index (χ0) is 66.0. The molecule has 0 atom stereocenters. The van der Waals surface area contributed by atoms with Gasteiger partial charge in [-0.25, -0.2) is 28.1 Å². The monoisotopic (exact) mass is 1260 g/mol. The van der Waals surface area contributed by atoms with Gasteiger partial charge >= 0.3 is 0 Å². The average Bonchev–Trinajstić information content (AvgIpc) is 0.776. The van der Waals surface area contributed by atoms with Crippen LogP contribution in [0.1, 0.15) is 112 Å². The van der Waals surface area contributed by atoms with Crippen LogP contribution in [0.4, 0.5) is 31.8 Å². The Morgan fingerprint density at radius 2 is 1.01 bits per heavy atom. The number of rotatable bonds is 14. The second-order valence-electron chi connectivity index (χ2n) is 25.6. The van der Waals surface area contributed by atoms with E-state index >= 15 is 8.78 Å². The average molecular weight is 1260 g/mol. The van der Waals surface area contributed by atoms with Crippen LogP contribution in [0, 0.1) is 11.6 Å². The molecule has 2 fully saturated rings. The predicted octanol–water partition coefficient (Wildman–Crippen LogP) is 8.88. The summed E-state index contributed by atoms with van der Waals surface area (Å²) < 4.78 is 35.3. The highest BCUT2D eigenvalue weighted by Crippen LogP contribution is 2.34. The lowest BCUT2D eigenvalue weighted by molar-refractivity contribution is 0.281. The fraction of sp³-hybridized carbons (Fsp3) is 0.319. The van der Waals surface area contributed by atoms with Gasteiger partial charge < -0.3 is 35.8 Å². The molecule has 12 rings (SSSR count). The van der Waals surface area contributed by atoms with Crippen LogP contribution in [0.2, 0.25) is 0 Å². The van der Waals surface area contributed by atoms with Gasteiger partial charge in [0, 0.05) is 59.5 Å². The topological polar surface area (TPSA) is 262 Å². The van der Waals surface area contributed by atoms with Crippen LogP contribution in [0.5, 0.6) is 0 Å². The summed E-state index contributed by atoms with van der Waals surface area (Å²) >= 11 is 0. The molecule has 477 valence electrons. The van der Waals surface area contributed by atoms with Crippen LogP contribution in [-0.2, 0) is 42.9 Å². The number of fused-ring (bicyclic) bond motifs is 2. The molecule has 10 aromatic rings. The van der Waals surface area contributed by atoms with E-state index in [1.165, 1.54) is 53.5 Å². The van der Waals surface area contributed by atoms with Gasteiger partial charge in [0.2, 0.25) is 0 Å². The maximum atomic E-state index is 15.4. The number of aliphatic hydroxyl groups is 2. The molecule has 2 aliphatic rings. The van der Waals surface area contributed by atoms with E-state index in [-0.39, 0.29) is 55.5 Å². The largest absolute Gasteiger partial charge is 0.392 e. The molecule has 0 spiro atoms. The fourth-order valence-corrected chi connectivity index (χ4v) is 12.0. The van der Waals surface area contributed by atoms with Crippen LogP contribution in [-0.4, -0.2) is 104 Å². The van der Waals surface area contributed by atoms with E-state index in [0.717, 1.165) is 84.1 Å². The lowest BCUT2D eigenvalue weighted by Gasteiger charge is -2.30. The Morgan fingerprint density at radius 3 is 1.40 bits per heavy atom. The van der Waals surface area contributed by atoms with Gasteiger partial charge in [-0.1, -0.05) is 77.9 Å². The molecule has 24 heteroatoms. The van der Waals surface area contributed by atoms with Crippen LogP contribution in [0.25, 0.3) is 55.4 Å². The molecule has 0 unspecified atom stereocenters. The molecule has 8 heterocycles. The molecule has 2 saturated heterocycles. The SMILES string of the molecule is Cn1nc(-c2cccc(-n3ncc4cc(C(C)(C)C)cc(F)c4c3=O)c2CO)cc(Nc2ccc(C3CCN([B]C=O)CC3)cn2)c1=O.Cn1nc(-c2cccc(-n3ncc4cc(C(C)(C)C)cc(F)c4c3=O)c2CO)cc(Nc2ccc(C3CCNCC3)cn2)c1=O. The third-order valence-corrected chi connectivity index (χ3v) is 17.3. The van der Waals surface area contributed by atoms with Crippen molar-refractivity contribution in [3.05, 3.63) is 208 Å². The van der Waals surface area contributed by atoms with Gasteiger partial charge in [-0.3, -0.25) is 19.2 Å². The number of carbonyl (C=O) groups excluding carboxylic acids is 1. The molecule has 6 aromatic heterocycles. The van der Waals surface area contributed by atoms with Crippen LogP contribution < -0.4 is 38.2 Å². The highest BCUT2D eigenvalue weighted by atomic mass is 19.1. The minimum Gasteiger partial charge on any atom is -0.392 e. The van der Waals surface area contributed by atoms with Gasteiger partial charge in [0.15, 0.2) is 0 Å². The number of hydrogen-bond donors (Lipinski definition) is 5. The number of piperidine rings is 2. The summed E-state index contributed by atoms with van der Waals surface area (Å²) in [6.45, 7) is 14.4. The summed E-state index contributed by atoms with van der Waals surface area (Å²) in [5, 5.41) is 48.9. The number of pyridine rings is 2. The quantitative estimate of drug-likeness (QED) is 0.0503. The van der Waals surface area contributed by atoms with Crippen molar-refractivity contribution >= 4 is 58.2 Å². The van der Waals surface area contributed by atoms with E-state index in [0.29, 0.717) is 67.9 Å². The Morgan fingerprint density at radius 1 is 0.581 bits per heavy atom. The zero-order valence-electron chi connectivity index (χ0n) is 53.0. The molecule has 0 amide bonds. The molecule has 2 aliphatic heterocycles. The van der Waals surface area contributed by atoms with Gasteiger partial charge in [-0.2, -0.15) is 29.8 Å². The van der Waals surface area contributed by atoms with Gasteiger partial charge in [0.25, 0.3) is 29.7 Å². The molecular formula is C69H72BF2N14O7. The summed E-state index contributed by atoms with van der Waals surface area (Å²) in [6.07, 6.45) is 11.3. The number of nitrogens with zero attached hydrogens (tertiary/aromatic N) is 11. The highest BCUT2D eigenvalue weighted by Gasteiger charge is 2.26. The predicted molar refractivity (Wildman–Crippen MR) is 357 cm³/mol. The first-order chi connectivity index (χ1) is 44.5. The Hall–Kier alpha value is -9.75. The number of carbonyl (C=O) groups is 1. The summed E-state index contributed by atoms with van der Waals surface area (Å²) in [6, 6.07) is 27.3. The molecule has 0 bridgehead atoms. The molecule has 5 N–H and O–H groups in total. The number of halogens is 2. The van der Waals surface area contributed by atoms with Crippen molar-refractivity contribution in [2.24, 2.45) is 14.1 Å². The van der Waals surface area contributed by atoms with Crippen molar-refractivity contribution in [1.82, 2.24) is 59.2 Å². The normalized spacial score (nSPS) is 14.2. The molecule has 93 heavy (non-hydrogen) atoms. The summed E-state index contributed by atoms with van der Waals surface area (Å²) in [5.41, 5.74) is 4.43. The first-order valence-corrected chi connectivity index (χ1v) is 30.8. The van der Waals surface area contributed by atoms with E-state index < -0.39 is 36.0 Å². The van der Waals surface area contributed by atoms with Gasteiger partial charge in [-0.15, -0.1) is 0 Å². The van der Waals surface area contributed by atoms with E-state index in [2.05, 4.69) is 46.3 Å². The van der Waals surface area contributed by atoms with Crippen LogP contribution >= 0.6 is 0 Å². The maximum absolute atomic E-state index is 15.4. The summed E-state index contributed by atoms with van der Waals surface area (Å²) in [5.74, 6) is 0.499. The maximum Gasteiger partial charge on any atom is 0.293 e. The number of aryl methyl sites for hydroxylation is 2. The lowest BCUT2D eigenvalue weighted by atomic mass is 9.84. The van der Waals surface area contributed by atoms with Gasteiger partial charge in [0.05, 0.1) is 65.3 Å². The molecule has 1 radical (unpaired) electrons. The number of nitrogens with one attached hydrogen (secondary N) is 3. The van der Waals surface area contributed by atoms with Crippen molar-refractivity contribution in [2.75, 3.05) is 36.8 Å². The van der Waals surface area contributed by atoms with Crippen LogP contribution in [0.3, 0.4) is 0 Å². The van der Waals surface area contributed by atoms with Crippen molar-refractivity contribution < 1.29 is 23.8 Å². The second kappa shape index (κ2) is 26.8. The Kier molecular flexibility index (Phi) is 18.7. The first-order valence-electron chi connectivity index (χ1n) is 30.8. The Bertz CT molecular complexity index is 4720. The van der Waals surface area contributed by atoms with Crippen molar-refractivity contribution in [1.29, 1.82) is 0 Å². The molecule has 0 saturated carbocycles. The van der Waals surface area contributed by atoms with Crippen molar-refractivity contribution in [3.63, 3.8) is 0 Å². The lowest BCUT2D eigenvalue weighted by Crippen LogP contribution is -2.36. The van der Waals surface area contributed by atoms with Gasteiger partial charge in [0.1, 0.15) is 34.6 Å². The van der Waals surface area contributed by atoms with E-state index in [1.807, 2.05) is 76.8 Å². The number of hydrogen-bond acceptors (Lipinski definition) is 17.